The van der Waals surface area contributed by atoms with Crippen LogP contribution in [0.25, 0.3) is 10.2 Å². The highest BCUT2D eigenvalue weighted by molar-refractivity contribution is 8.00. The lowest BCUT2D eigenvalue weighted by molar-refractivity contribution is -0.120. The van der Waals surface area contributed by atoms with E-state index in [0.29, 0.717) is 11.2 Å². The molecular weight excluding hydrogens is 374 g/mol. The van der Waals surface area contributed by atoms with Crippen molar-refractivity contribution in [3.8, 4) is 0 Å². The zero-order chi connectivity index (χ0) is 18.6. The number of nitrogens with one attached hydrogen (secondary N) is 1. The first kappa shape index (κ1) is 17.9. The van der Waals surface area contributed by atoms with Crippen molar-refractivity contribution >= 4 is 39.2 Å². The van der Waals surface area contributed by atoms with Crippen molar-refractivity contribution in [2.45, 2.75) is 57.4 Å². The van der Waals surface area contributed by atoms with E-state index < -0.39 is 0 Å². The zero-order valence-corrected chi connectivity index (χ0v) is 17.7. The molecule has 6 rings (SSSR count). The number of hydrogen-bond donors (Lipinski definition) is 1. The molecule has 0 unspecified atom stereocenters. The second-order valence-corrected chi connectivity index (χ2v) is 11.3. The third-order valence-electron chi connectivity index (χ3n) is 7.10. The van der Waals surface area contributed by atoms with E-state index in [0.717, 1.165) is 39.5 Å². The molecule has 4 bridgehead atoms. The van der Waals surface area contributed by atoms with Crippen molar-refractivity contribution < 1.29 is 4.79 Å². The van der Waals surface area contributed by atoms with Gasteiger partial charge in [-0.25, -0.2) is 9.97 Å². The van der Waals surface area contributed by atoms with Crippen LogP contribution >= 0.6 is 23.1 Å². The van der Waals surface area contributed by atoms with Crippen molar-refractivity contribution in [2.75, 3.05) is 12.3 Å². The van der Waals surface area contributed by atoms with E-state index in [1.807, 2.05) is 0 Å². The van der Waals surface area contributed by atoms with Gasteiger partial charge in [-0.15, -0.1) is 11.3 Å². The molecule has 1 amide bonds. The first-order valence-corrected chi connectivity index (χ1v) is 11.9. The summed E-state index contributed by atoms with van der Waals surface area (Å²) < 4.78 is 0. The van der Waals surface area contributed by atoms with Gasteiger partial charge in [-0.1, -0.05) is 11.8 Å². The molecule has 0 spiro atoms. The van der Waals surface area contributed by atoms with Crippen LogP contribution in [0, 0.1) is 37.0 Å². The second-order valence-electron chi connectivity index (χ2n) is 9.13. The summed E-state index contributed by atoms with van der Waals surface area (Å²) in [6, 6.07) is 0. The van der Waals surface area contributed by atoms with E-state index in [9.17, 15) is 4.79 Å². The maximum atomic E-state index is 12.6. The van der Waals surface area contributed by atoms with Crippen molar-refractivity contribution in [2.24, 2.45) is 23.2 Å². The Hall–Kier alpha value is -1.14. The number of rotatable bonds is 5. The maximum Gasteiger partial charge on any atom is 0.230 e. The van der Waals surface area contributed by atoms with Gasteiger partial charge in [-0.05, 0) is 81.1 Å². The minimum Gasteiger partial charge on any atom is -0.355 e. The molecule has 27 heavy (non-hydrogen) atoms. The number of thiophene rings is 1. The van der Waals surface area contributed by atoms with Crippen LogP contribution in [0.1, 0.15) is 49.0 Å². The Morgan fingerprint density at radius 2 is 1.85 bits per heavy atom. The Balaban J connectivity index is 1.21. The molecule has 1 N–H and O–H groups in total. The zero-order valence-electron chi connectivity index (χ0n) is 16.1. The normalized spacial score (nSPS) is 31.6. The van der Waals surface area contributed by atoms with Crippen LogP contribution in [0.4, 0.5) is 0 Å². The van der Waals surface area contributed by atoms with Gasteiger partial charge in [0, 0.05) is 16.8 Å². The Labute approximate surface area is 168 Å². The highest BCUT2D eigenvalue weighted by Gasteiger charge is 2.50. The molecule has 0 aliphatic heterocycles. The first-order valence-electron chi connectivity index (χ1n) is 10.1. The third kappa shape index (κ3) is 3.29. The largest absolute Gasteiger partial charge is 0.355 e. The minimum atomic E-state index is 0.145. The van der Waals surface area contributed by atoms with Gasteiger partial charge in [0.1, 0.15) is 16.2 Å². The Morgan fingerprint density at radius 3 is 2.52 bits per heavy atom. The molecule has 2 aromatic rings. The molecule has 4 saturated carbocycles. The second kappa shape index (κ2) is 6.73. The Kier molecular flexibility index (Phi) is 4.47. The summed E-state index contributed by atoms with van der Waals surface area (Å²) in [6.45, 7) is 5.12. The highest BCUT2D eigenvalue weighted by Crippen LogP contribution is 2.59. The van der Waals surface area contributed by atoms with Crippen molar-refractivity contribution in [1.82, 2.24) is 15.3 Å². The quantitative estimate of drug-likeness (QED) is 0.581. The number of thioether (sulfide) groups is 1. The summed E-state index contributed by atoms with van der Waals surface area (Å²) in [7, 11) is 0. The average Bonchev–Trinajstić information content (AvgIpc) is 2.92. The molecular formula is C21H27N3OS2. The molecule has 2 aromatic heterocycles. The molecule has 6 heteroatoms. The molecule has 2 heterocycles. The van der Waals surface area contributed by atoms with E-state index in [2.05, 4.69) is 29.1 Å². The van der Waals surface area contributed by atoms with E-state index in [-0.39, 0.29) is 5.91 Å². The standard InChI is InChI=1S/C21H27N3OS2/c1-12-13(2)27-20-18(12)19(23-11-24-20)26-9-17(25)22-10-21-6-14-3-15(7-21)5-16(4-14)8-21/h11,14-16H,3-10H2,1-2H3,(H,22,25). The number of carbonyl (C=O) groups is 1. The summed E-state index contributed by atoms with van der Waals surface area (Å²) in [5.74, 6) is 3.38. The summed E-state index contributed by atoms with van der Waals surface area (Å²) >= 11 is 3.25. The molecule has 0 aromatic carbocycles. The third-order valence-corrected chi connectivity index (χ3v) is 9.20. The summed E-state index contributed by atoms with van der Waals surface area (Å²) in [5.41, 5.74) is 1.64. The molecule has 4 fully saturated rings. The van der Waals surface area contributed by atoms with E-state index in [1.54, 1.807) is 29.4 Å². The van der Waals surface area contributed by atoms with Gasteiger partial charge in [0.15, 0.2) is 0 Å². The minimum absolute atomic E-state index is 0.145. The number of aryl methyl sites for hydroxylation is 2. The fraction of sp³-hybridized carbons (Fsp3) is 0.667. The molecule has 144 valence electrons. The number of amides is 1. The molecule has 4 nitrogen and oxygen atoms in total. The van der Waals surface area contributed by atoms with Crippen molar-refractivity contribution in [3.05, 3.63) is 16.8 Å². The van der Waals surface area contributed by atoms with Gasteiger partial charge in [-0.3, -0.25) is 4.79 Å². The van der Waals surface area contributed by atoms with Gasteiger partial charge in [0.05, 0.1) is 5.75 Å². The number of fused-ring (bicyclic) bond motifs is 1. The van der Waals surface area contributed by atoms with Crippen LogP contribution < -0.4 is 5.32 Å². The van der Waals surface area contributed by atoms with Crippen LogP contribution in [-0.2, 0) is 4.79 Å². The Morgan fingerprint density at radius 1 is 1.19 bits per heavy atom. The van der Waals surface area contributed by atoms with Gasteiger partial charge in [-0.2, -0.15) is 0 Å². The van der Waals surface area contributed by atoms with E-state index in [4.69, 9.17) is 0 Å². The first-order chi connectivity index (χ1) is 13.0. The highest BCUT2D eigenvalue weighted by atomic mass is 32.2. The number of hydrogen-bond acceptors (Lipinski definition) is 5. The predicted molar refractivity (Wildman–Crippen MR) is 111 cm³/mol. The number of aromatic nitrogens is 2. The lowest BCUT2D eigenvalue weighted by Crippen LogP contribution is -2.51. The average molecular weight is 402 g/mol. The topological polar surface area (TPSA) is 54.9 Å². The SMILES string of the molecule is Cc1sc2ncnc(SCC(=O)NCC34CC5CC(CC(C5)C3)C4)c2c1C. The maximum absolute atomic E-state index is 12.6. The van der Waals surface area contributed by atoms with Gasteiger partial charge in [0.25, 0.3) is 0 Å². The van der Waals surface area contributed by atoms with Crippen LogP contribution in [0.3, 0.4) is 0 Å². The van der Waals surface area contributed by atoms with Gasteiger partial charge in [0.2, 0.25) is 5.91 Å². The molecule has 0 saturated heterocycles. The van der Waals surface area contributed by atoms with E-state index in [1.165, 1.54) is 49.0 Å². The fourth-order valence-corrected chi connectivity index (χ4v) is 8.18. The summed E-state index contributed by atoms with van der Waals surface area (Å²) in [5, 5.41) is 5.34. The Bertz CT molecular complexity index is 856. The van der Waals surface area contributed by atoms with Gasteiger partial charge < -0.3 is 5.32 Å². The lowest BCUT2D eigenvalue weighted by atomic mass is 9.49. The van der Waals surface area contributed by atoms with Crippen LogP contribution in [0.2, 0.25) is 0 Å². The van der Waals surface area contributed by atoms with Gasteiger partial charge >= 0.3 is 0 Å². The smallest absolute Gasteiger partial charge is 0.230 e. The van der Waals surface area contributed by atoms with Crippen LogP contribution in [0.5, 0.6) is 0 Å². The van der Waals surface area contributed by atoms with E-state index >= 15 is 0 Å². The molecule has 4 aliphatic rings. The monoisotopic (exact) mass is 401 g/mol. The predicted octanol–water partition coefficient (Wildman–Crippen LogP) is 4.73. The molecule has 0 radical (unpaired) electrons. The fourth-order valence-electron chi connectivity index (χ4n) is 6.24. The molecule has 4 aliphatic carbocycles. The number of carbonyl (C=O) groups excluding carboxylic acids is 1. The van der Waals surface area contributed by atoms with Crippen LogP contribution in [-0.4, -0.2) is 28.2 Å². The van der Waals surface area contributed by atoms with Crippen LogP contribution in [0.15, 0.2) is 11.4 Å². The summed E-state index contributed by atoms with van der Waals surface area (Å²) in [6.07, 6.45) is 9.99. The van der Waals surface area contributed by atoms with Crippen molar-refractivity contribution in [1.29, 1.82) is 0 Å². The lowest BCUT2D eigenvalue weighted by Gasteiger charge is -2.56. The number of nitrogens with zero attached hydrogens (tertiary/aromatic N) is 2. The molecule has 0 atom stereocenters. The van der Waals surface area contributed by atoms with Crippen molar-refractivity contribution in [3.63, 3.8) is 0 Å². The summed E-state index contributed by atoms with van der Waals surface area (Å²) in [4.78, 5) is 23.7.